The third-order valence-electron chi connectivity index (χ3n) is 12.0. The SMILES string of the molecule is Cc1cc([C@H]2C3=CC[C@@H]4C(=O)N(Cc5cccs5)C(=O)[C@@H]4[C@@H]3C[C@H]3C(=O)N(c4cc(-c5sc6ccc(Cl)cc6c5C)nn4C)C(=O)[C@@]23C)ccc1O. The van der Waals surface area contributed by atoms with E-state index >= 15 is 4.79 Å². The van der Waals surface area contributed by atoms with Gasteiger partial charge in [0, 0.05) is 33.6 Å². The number of likely N-dealkylation sites (tertiary alicyclic amines) is 1. The van der Waals surface area contributed by atoms with Crippen molar-refractivity contribution >= 4 is 73.8 Å². The quantitative estimate of drug-likeness (QED) is 0.145. The van der Waals surface area contributed by atoms with E-state index in [-0.39, 0.29) is 42.3 Å². The lowest BCUT2D eigenvalue weighted by Gasteiger charge is -2.49. The second-order valence-corrected chi connectivity index (χ2v) is 17.3. The van der Waals surface area contributed by atoms with Crippen molar-refractivity contribution in [1.29, 1.82) is 0 Å². The molecule has 9 nitrogen and oxygen atoms in total. The number of halogens is 1. The van der Waals surface area contributed by atoms with Crippen molar-refractivity contribution in [2.45, 2.75) is 46.1 Å². The van der Waals surface area contributed by atoms with Crippen molar-refractivity contribution in [2.75, 3.05) is 4.90 Å². The van der Waals surface area contributed by atoms with E-state index in [1.165, 1.54) is 21.1 Å². The van der Waals surface area contributed by atoms with Crippen LogP contribution in [0, 0.1) is 42.9 Å². The Kier molecular flexibility index (Phi) is 7.49. The number of carbonyl (C=O) groups excluding carboxylic acids is 4. The first-order valence-corrected chi connectivity index (χ1v) is 19.4. The fraction of sp³-hybridized carbons (Fsp3) is 0.325. The minimum absolute atomic E-state index is 0.132. The maximum absolute atomic E-state index is 15.0. The number of aryl methyl sites for hydroxylation is 3. The first-order valence-electron chi connectivity index (χ1n) is 17.4. The normalized spacial score (nSPS) is 27.0. The van der Waals surface area contributed by atoms with Gasteiger partial charge in [0.25, 0.3) is 0 Å². The van der Waals surface area contributed by atoms with E-state index in [1.807, 2.05) is 61.7 Å². The molecule has 2 aliphatic heterocycles. The Bertz CT molecular complexity index is 2410. The summed E-state index contributed by atoms with van der Waals surface area (Å²) >= 11 is 9.40. The topological polar surface area (TPSA) is 113 Å². The summed E-state index contributed by atoms with van der Waals surface area (Å²) in [5.74, 6) is -3.43. The summed E-state index contributed by atoms with van der Waals surface area (Å²) < 4.78 is 2.65. The number of rotatable bonds is 5. The van der Waals surface area contributed by atoms with Crippen molar-refractivity contribution < 1.29 is 24.3 Å². The Morgan fingerprint density at radius 2 is 1.81 bits per heavy atom. The lowest BCUT2D eigenvalue weighted by atomic mass is 9.51. The molecule has 0 unspecified atom stereocenters. The molecule has 2 aromatic carbocycles. The zero-order chi connectivity index (χ0) is 36.4. The van der Waals surface area contributed by atoms with Gasteiger partial charge in [-0.05, 0) is 97.3 Å². The smallest absolute Gasteiger partial charge is 0.242 e. The highest BCUT2D eigenvalue weighted by Crippen LogP contribution is 2.64. The third-order valence-corrected chi connectivity index (χ3v) is 14.4. The maximum Gasteiger partial charge on any atom is 0.242 e. The summed E-state index contributed by atoms with van der Waals surface area (Å²) in [5.41, 5.74) is 2.82. The van der Waals surface area contributed by atoms with E-state index in [2.05, 4.69) is 6.08 Å². The second kappa shape index (κ2) is 11.7. The molecule has 5 heterocycles. The van der Waals surface area contributed by atoms with Gasteiger partial charge < -0.3 is 5.11 Å². The zero-order valence-corrected chi connectivity index (χ0v) is 31.3. The van der Waals surface area contributed by atoms with Gasteiger partial charge in [0.15, 0.2) is 0 Å². The van der Waals surface area contributed by atoms with Crippen molar-refractivity contribution in [3.63, 3.8) is 0 Å². The molecular weight excluding hydrogens is 716 g/mol. The predicted octanol–water partition coefficient (Wildman–Crippen LogP) is 7.77. The lowest BCUT2D eigenvalue weighted by Crippen LogP contribution is -2.48. The molecule has 9 rings (SSSR count). The van der Waals surface area contributed by atoms with Crippen LogP contribution in [0.2, 0.25) is 5.02 Å². The minimum atomic E-state index is -1.20. The second-order valence-electron chi connectivity index (χ2n) is 14.8. The molecule has 3 aromatic heterocycles. The monoisotopic (exact) mass is 750 g/mol. The highest BCUT2D eigenvalue weighted by Gasteiger charge is 2.68. The van der Waals surface area contributed by atoms with E-state index in [0.29, 0.717) is 28.5 Å². The molecule has 12 heteroatoms. The molecule has 0 radical (unpaired) electrons. The first kappa shape index (κ1) is 33.3. The Hall–Kier alpha value is -4.58. The van der Waals surface area contributed by atoms with Crippen LogP contribution in [-0.2, 0) is 32.8 Å². The number of hydrogen-bond donors (Lipinski definition) is 1. The molecule has 1 N–H and O–H groups in total. The number of hydrogen-bond acceptors (Lipinski definition) is 8. The van der Waals surface area contributed by atoms with Gasteiger partial charge >= 0.3 is 0 Å². The fourth-order valence-electron chi connectivity index (χ4n) is 9.47. The van der Waals surface area contributed by atoms with Gasteiger partial charge in [-0.2, -0.15) is 5.10 Å². The zero-order valence-electron chi connectivity index (χ0n) is 28.9. The van der Waals surface area contributed by atoms with Crippen LogP contribution in [0.5, 0.6) is 5.75 Å². The summed E-state index contributed by atoms with van der Waals surface area (Å²) in [5, 5.41) is 18.9. The molecule has 2 aliphatic carbocycles. The molecule has 52 heavy (non-hydrogen) atoms. The number of thiophene rings is 2. The van der Waals surface area contributed by atoms with Crippen molar-refractivity contribution in [2.24, 2.45) is 36.1 Å². The summed E-state index contributed by atoms with van der Waals surface area (Å²) in [7, 11) is 1.74. The number of amides is 4. The van der Waals surface area contributed by atoms with Crippen LogP contribution in [0.3, 0.4) is 0 Å². The number of imide groups is 2. The average Bonchev–Trinajstić information content (AvgIpc) is 3.92. The van der Waals surface area contributed by atoms with Crippen LogP contribution in [0.1, 0.15) is 47.3 Å². The lowest BCUT2D eigenvalue weighted by molar-refractivity contribution is -0.141. The number of allylic oxidation sites excluding steroid dienone is 2. The van der Waals surface area contributed by atoms with Crippen LogP contribution < -0.4 is 4.90 Å². The summed E-state index contributed by atoms with van der Waals surface area (Å²) in [4.78, 5) is 62.4. The van der Waals surface area contributed by atoms with Crippen LogP contribution in [0.15, 0.2) is 71.6 Å². The highest BCUT2D eigenvalue weighted by atomic mass is 35.5. The van der Waals surface area contributed by atoms with Crippen molar-refractivity contribution in [1.82, 2.24) is 14.7 Å². The molecule has 1 saturated carbocycles. The largest absolute Gasteiger partial charge is 0.508 e. The van der Waals surface area contributed by atoms with Gasteiger partial charge in [-0.25, -0.2) is 4.90 Å². The third kappa shape index (κ3) is 4.61. The summed E-state index contributed by atoms with van der Waals surface area (Å²) in [6.45, 7) is 5.92. The van der Waals surface area contributed by atoms with Crippen LogP contribution in [0.4, 0.5) is 5.82 Å². The summed E-state index contributed by atoms with van der Waals surface area (Å²) in [6, 6.07) is 16.7. The molecule has 3 fully saturated rings. The Morgan fingerprint density at radius 1 is 1.00 bits per heavy atom. The number of phenolic OH excluding ortho intramolecular Hbond substituents is 1. The number of aromatic hydroxyl groups is 1. The van der Waals surface area contributed by atoms with E-state index < -0.39 is 35.0 Å². The molecule has 264 valence electrons. The molecule has 0 bridgehead atoms. The first-order chi connectivity index (χ1) is 24.9. The molecule has 4 aliphatic rings. The average molecular weight is 751 g/mol. The van der Waals surface area contributed by atoms with E-state index in [9.17, 15) is 19.5 Å². The van der Waals surface area contributed by atoms with E-state index in [4.69, 9.17) is 16.7 Å². The van der Waals surface area contributed by atoms with Crippen LogP contribution >= 0.6 is 34.3 Å². The van der Waals surface area contributed by atoms with E-state index in [1.54, 1.807) is 42.1 Å². The Morgan fingerprint density at radius 3 is 2.56 bits per heavy atom. The molecule has 4 amide bonds. The number of carbonyl (C=O) groups is 4. The number of anilines is 1. The number of fused-ring (bicyclic) bond motifs is 5. The van der Waals surface area contributed by atoms with Crippen LogP contribution in [0.25, 0.3) is 20.7 Å². The van der Waals surface area contributed by atoms with E-state index in [0.717, 1.165) is 36.5 Å². The summed E-state index contributed by atoms with van der Waals surface area (Å²) in [6.07, 6.45) is 2.71. The standard InChI is InChI=1S/C40H35ClN4O5S2/c1-19-14-21(7-11-30(19)46)34-24-9-10-25-33(38(49)44(36(25)47)18-23-6-5-13-51-23)27(24)16-28-37(48)45(39(50)40(28,34)3)32-17-29(42-43(32)4)35-20(2)26-15-22(41)8-12-31(26)52-35/h5-9,11-15,17,25,27-28,33-34,46H,10,16,18H2,1-4H3/t25-,27+,28-,33-,34-,40+/m0/s1. The van der Waals surface area contributed by atoms with Gasteiger partial charge in [-0.15, -0.1) is 22.7 Å². The Balaban J connectivity index is 1.14. The molecule has 6 atom stereocenters. The maximum atomic E-state index is 15.0. The van der Waals surface area contributed by atoms with Gasteiger partial charge in [-0.1, -0.05) is 41.4 Å². The Labute approximate surface area is 313 Å². The van der Waals surface area contributed by atoms with Gasteiger partial charge in [0.2, 0.25) is 23.6 Å². The van der Waals surface area contributed by atoms with Crippen molar-refractivity contribution in [3.05, 3.63) is 98.2 Å². The number of phenols is 1. The molecule has 0 spiro atoms. The van der Waals surface area contributed by atoms with Crippen molar-refractivity contribution in [3.8, 4) is 16.3 Å². The molecule has 2 saturated heterocycles. The minimum Gasteiger partial charge on any atom is -0.508 e. The highest BCUT2D eigenvalue weighted by molar-refractivity contribution is 7.22. The van der Waals surface area contributed by atoms with Gasteiger partial charge in [-0.3, -0.25) is 28.8 Å². The number of nitrogens with zero attached hydrogens (tertiary/aromatic N) is 4. The fourth-order valence-corrected chi connectivity index (χ4v) is 11.5. The number of aromatic nitrogens is 2. The predicted molar refractivity (Wildman–Crippen MR) is 201 cm³/mol. The van der Waals surface area contributed by atoms with Crippen LogP contribution in [-0.4, -0.2) is 43.4 Å². The van der Waals surface area contributed by atoms with Gasteiger partial charge in [0.05, 0.1) is 34.6 Å². The molecule has 5 aromatic rings. The van der Waals surface area contributed by atoms with Gasteiger partial charge in [0.1, 0.15) is 17.3 Å². The number of benzene rings is 2. The molecular formula is C40H35ClN4O5S2.